The SMILES string of the molecule is CCCCCNC(=O)/C=C/c1ccc(OCCCC)cc1. The molecule has 0 saturated carbocycles. The number of benzene rings is 1. The molecule has 0 saturated heterocycles. The quantitative estimate of drug-likeness (QED) is 0.518. The third-order valence-corrected chi connectivity index (χ3v) is 3.15. The molecule has 0 fully saturated rings. The van der Waals surface area contributed by atoms with Crippen molar-refractivity contribution >= 4 is 12.0 Å². The number of ether oxygens (including phenoxy) is 1. The van der Waals surface area contributed by atoms with Gasteiger partial charge in [0.15, 0.2) is 0 Å². The van der Waals surface area contributed by atoms with Gasteiger partial charge >= 0.3 is 0 Å². The average Bonchev–Trinajstić information content (AvgIpc) is 2.51. The van der Waals surface area contributed by atoms with E-state index in [9.17, 15) is 4.79 Å². The lowest BCUT2D eigenvalue weighted by Crippen LogP contribution is -2.21. The lowest BCUT2D eigenvalue weighted by Gasteiger charge is -2.05. The van der Waals surface area contributed by atoms with Crippen LogP contribution in [-0.4, -0.2) is 19.1 Å². The van der Waals surface area contributed by atoms with Crippen LogP contribution in [0.5, 0.6) is 5.75 Å². The second-order valence-electron chi connectivity index (χ2n) is 5.10. The molecule has 1 rings (SSSR count). The number of amides is 1. The van der Waals surface area contributed by atoms with Crippen molar-refractivity contribution in [2.45, 2.75) is 46.0 Å². The van der Waals surface area contributed by atoms with Crippen LogP contribution in [0.15, 0.2) is 30.3 Å². The zero-order valence-electron chi connectivity index (χ0n) is 13.2. The third-order valence-electron chi connectivity index (χ3n) is 3.15. The van der Waals surface area contributed by atoms with Gasteiger partial charge in [0, 0.05) is 12.6 Å². The molecular formula is C18H27NO2. The fraction of sp³-hybridized carbons (Fsp3) is 0.500. The van der Waals surface area contributed by atoms with Gasteiger partial charge in [-0.15, -0.1) is 0 Å². The minimum atomic E-state index is -0.0330. The Morgan fingerprint density at radius 1 is 1.10 bits per heavy atom. The maximum Gasteiger partial charge on any atom is 0.243 e. The number of nitrogens with one attached hydrogen (secondary N) is 1. The predicted octanol–water partition coefficient (Wildman–Crippen LogP) is 4.19. The summed E-state index contributed by atoms with van der Waals surface area (Å²) in [5.74, 6) is 0.846. The lowest BCUT2D eigenvalue weighted by molar-refractivity contribution is -0.116. The van der Waals surface area contributed by atoms with Crippen molar-refractivity contribution < 1.29 is 9.53 Å². The van der Waals surface area contributed by atoms with Gasteiger partial charge in [0.1, 0.15) is 5.75 Å². The first kappa shape index (κ1) is 17.3. The molecule has 0 radical (unpaired) electrons. The lowest BCUT2D eigenvalue weighted by atomic mass is 10.2. The second kappa shape index (κ2) is 11.0. The van der Waals surface area contributed by atoms with Crippen LogP contribution in [0.3, 0.4) is 0 Å². The van der Waals surface area contributed by atoms with E-state index in [0.29, 0.717) is 0 Å². The maximum absolute atomic E-state index is 11.6. The summed E-state index contributed by atoms with van der Waals surface area (Å²) in [4.78, 5) is 11.6. The van der Waals surface area contributed by atoms with E-state index in [-0.39, 0.29) is 5.91 Å². The highest BCUT2D eigenvalue weighted by atomic mass is 16.5. The van der Waals surface area contributed by atoms with Gasteiger partial charge in [0.2, 0.25) is 5.91 Å². The van der Waals surface area contributed by atoms with Crippen molar-refractivity contribution in [3.8, 4) is 5.75 Å². The molecule has 1 aromatic rings. The molecule has 0 aliphatic rings. The van der Waals surface area contributed by atoms with E-state index in [0.717, 1.165) is 50.1 Å². The van der Waals surface area contributed by atoms with Crippen LogP contribution < -0.4 is 10.1 Å². The average molecular weight is 289 g/mol. The number of rotatable bonds is 10. The monoisotopic (exact) mass is 289 g/mol. The zero-order valence-corrected chi connectivity index (χ0v) is 13.2. The normalized spacial score (nSPS) is 10.8. The Kier molecular flexibility index (Phi) is 9.01. The fourth-order valence-electron chi connectivity index (χ4n) is 1.83. The van der Waals surface area contributed by atoms with Crippen LogP contribution in [0.2, 0.25) is 0 Å². The highest BCUT2D eigenvalue weighted by molar-refractivity contribution is 5.91. The first-order chi connectivity index (χ1) is 10.3. The minimum absolute atomic E-state index is 0.0330. The van der Waals surface area contributed by atoms with Crippen molar-refractivity contribution in [3.05, 3.63) is 35.9 Å². The van der Waals surface area contributed by atoms with Crippen LogP contribution >= 0.6 is 0 Å². The summed E-state index contributed by atoms with van der Waals surface area (Å²) in [5.41, 5.74) is 1.00. The number of carbonyl (C=O) groups excluding carboxylic acids is 1. The van der Waals surface area contributed by atoms with Crippen LogP contribution in [-0.2, 0) is 4.79 Å². The molecule has 0 atom stereocenters. The second-order valence-corrected chi connectivity index (χ2v) is 5.10. The molecule has 0 aromatic heterocycles. The van der Waals surface area contributed by atoms with Gasteiger partial charge in [-0.3, -0.25) is 4.79 Å². The molecule has 3 heteroatoms. The van der Waals surface area contributed by atoms with Crippen LogP contribution in [0.4, 0.5) is 0 Å². The van der Waals surface area contributed by atoms with Crippen molar-refractivity contribution in [1.82, 2.24) is 5.32 Å². The Labute approximate surface area is 128 Å². The largest absolute Gasteiger partial charge is 0.494 e. The molecule has 1 N–H and O–H groups in total. The molecule has 0 bridgehead atoms. The van der Waals surface area contributed by atoms with E-state index >= 15 is 0 Å². The standard InChI is InChI=1S/C18H27NO2/c1-3-5-7-14-19-18(20)13-10-16-8-11-17(12-9-16)21-15-6-4-2/h8-13H,3-7,14-15H2,1-2H3,(H,19,20)/b13-10+. The topological polar surface area (TPSA) is 38.3 Å². The summed E-state index contributed by atoms with van der Waals surface area (Å²) < 4.78 is 5.60. The molecule has 0 aliphatic carbocycles. The van der Waals surface area contributed by atoms with Crippen LogP contribution in [0, 0.1) is 0 Å². The Morgan fingerprint density at radius 2 is 1.81 bits per heavy atom. The van der Waals surface area contributed by atoms with Gasteiger partial charge < -0.3 is 10.1 Å². The van der Waals surface area contributed by atoms with Gasteiger partial charge in [-0.05, 0) is 36.6 Å². The Bertz CT molecular complexity index is 423. The minimum Gasteiger partial charge on any atom is -0.494 e. The summed E-state index contributed by atoms with van der Waals surface area (Å²) in [5, 5.41) is 2.88. The summed E-state index contributed by atoms with van der Waals surface area (Å²) >= 11 is 0. The van der Waals surface area contributed by atoms with E-state index in [1.54, 1.807) is 6.08 Å². The zero-order chi connectivity index (χ0) is 15.3. The van der Waals surface area contributed by atoms with Crippen molar-refractivity contribution in [2.24, 2.45) is 0 Å². The Balaban J connectivity index is 2.33. The van der Waals surface area contributed by atoms with E-state index in [2.05, 4.69) is 19.2 Å². The molecular weight excluding hydrogens is 262 g/mol. The highest BCUT2D eigenvalue weighted by Gasteiger charge is 1.96. The molecule has 1 aromatic carbocycles. The first-order valence-electron chi connectivity index (χ1n) is 7.95. The summed E-state index contributed by atoms with van der Waals surface area (Å²) in [6.07, 6.45) is 8.97. The third kappa shape index (κ3) is 8.18. The van der Waals surface area contributed by atoms with Gasteiger partial charge in [-0.25, -0.2) is 0 Å². The van der Waals surface area contributed by atoms with Crippen molar-refractivity contribution in [1.29, 1.82) is 0 Å². The number of carbonyl (C=O) groups is 1. The summed E-state index contributed by atoms with van der Waals surface area (Å²) in [6.45, 7) is 5.80. The van der Waals surface area contributed by atoms with Gasteiger partial charge in [0.05, 0.1) is 6.61 Å². The molecule has 21 heavy (non-hydrogen) atoms. The summed E-state index contributed by atoms with van der Waals surface area (Å²) in [6, 6.07) is 7.80. The Hall–Kier alpha value is -1.77. The van der Waals surface area contributed by atoms with E-state index in [1.165, 1.54) is 6.42 Å². The fourth-order valence-corrected chi connectivity index (χ4v) is 1.83. The van der Waals surface area contributed by atoms with Gasteiger partial charge in [0.25, 0.3) is 0 Å². The maximum atomic E-state index is 11.6. The molecule has 0 heterocycles. The highest BCUT2D eigenvalue weighted by Crippen LogP contribution is 2.13. The van der Waals surface area contributed by atoms with Crippen molar-refractivity contribution in [2.75, 3.05) is 13.2 Å². The van der Waals surface area contributed by atoms with E-state index in [1.807, 2.05) is 30.3 Å². The first-order valence-corrected chi connectivity index (χ1v) is 7.95. The predicted molar refractivity (Wildman–Crippen MR) is 88.4 cm³/mol. The molecule has 0 aliphatic heterocycles. The van der Waals surface area contributed by atoms with E-state index < -0.39 is 0 Å². The smallest absolute Gasteiger partial charge is 0.243 e. The van der Waals surface area contributed by atoms with Crippen LogP contribution in [0.25, 0.3) is 6.08 Å². The summed E-state index contributed by atoms with van der Waals surface area (Å²) in [7, 11) is 0. The number of unbranched alkanes of at least 4 members (excludes halogenated alkanes) is 3. The Morgan fingerprint density at radius 3 is 2.48 bits per heavy atom. The van der Waals surface area contributed by atoms with E-state index in [4.69, 9.17) is 4.74 Å². The molecule has 116 valence electrons. The molecule has 0 spiro atoms. The molecule has 1 amide bonds. The van der Waals surface area contributed by atoms with Gasteiger partial charge in [-0.1, -0.05) is 45.2 Å². The van der Waals surface area contributed by atoms with Crippen molar-refractivity contribution in [3.63, 3.8) is 0 Å². The number of hydrogen-bond donors (Lipinski definition) is 1. The molecule has 3 nitrogen and oxygen atoms in total. The van der Waals surface area contributed by atoms with Crippen LogP contribution in [0.1, 0.15) is 51.5 Å². The number of hydrogen-bond acceptors (Lipinski definition) is 2. The molecule has 0 unspecified atom stereocenters. The van der Waals surface area contributed by atoms with Gasteiger partial charge in [-0.2, -0.15) is 0 Å².